The predicted molar refractivity (Wildman–Crippen MR) is 29.5 cm³/mol. The molecule has 1 nitrogen and oxygen atoms in total. The predicted octanol–water partition coefficient (Wildman–Crippen LogP) is 0.536. The lowest BCUT2D eigenvalue weighted by Crippen LogP contribution is -2.23. The van der Waals surface area contributed by atoms with Crippen LogP contribution in [0.5, 0.6) is 0 Å². The maximum Gasteiger partial charge on any atom is -0.000619 e. The van der Waals surface area contributed by atoms with Gasteiger partial charge < -0.3 is 5.32 Å². The van der Waals surface area contributed by atoms with Gasteiger partial charge in [-0.15, -0.1) is 0 Å². The molecule has 0 unspecified atom stereocenters. The van der Waals surface area contributed by atoms with Gasteiger partial charge in [0.25, 0.3) is 0 Å². The van der Waals surface area contributed by atoms with Gasteiger partial charge >= 0.3 is 0 Å². The van der Waals surface area contributed by atoms with Crippen molar-refractivity contribution in [1.82, 2.24) is 5.32 Å². The highest BCUT2D eigenvalue weighted by atomic mass is 31.1. The molecule has 1 saturated heterocycles. The fourth-order valence-electron chi connectivity index (χ4n) is 0.553. The van der Waals surface area contributed by atoms with Crippen LogP contribution in [-0.2, 0) is 0 Å². The number of rotatable bonds is 0. The fourth-order valence-corrected chi connectivity index (χ4v) is 1.41. The van der Waals surface area contributed by atoms with Crippen LogP contribution < -0.4 is 5.32 Å². The molecule has 2 heteroatoms. The lowest BCUT2D eigenvalue weighted by Gasteiger charge is -2.08. The molecule has 0 aromatic heterocycles. The molecule has 0 spiro atoms. The summed E-state index contributed by atoms with van der Waals surface area (Å²) in [5.41, 5.74) is 0. The van der Waals surface area contributed by atoms with Crippen molar-refractivity contribution in [3.63, 3.8) is 0 Å². The molecule has 0 aromatic rings. The topological polar surface area (TPSA) is 12.0 Å². The first-order valence-electron chi connectivity index (χ1n) is 2.34. The number of nitrogens with one attached hydrogen (secondary N) is 1. The van der Waals surface area contributed by atoms with E-state index in [1.54, 1.807) is 8.58 Å². The number of hydrogen-bond acceptors (Lipinski definition) is 1. The normalized spacial score (nSPS) is 24.0. The van der Waals surface area contributed by atoms with E-state index in [2.05, 4.69) is 5.32 Å². The maximum atomic E-state index is 3.28. The first-order valence-corrected chi connectivity index (χ1v) is 3.60. The second-order valence-electron chi connectivity index (χ2n) is 1.42. The molecule has 0 bridgehead atoms. The summed E-state index contributed by atoms with van der Waals surface area (Å²) in [5.74, 6) is 0. The maximum absolute atomic E-state index is 3.28. The highest BCUT2D eigenvalue weighted by molar-refractivity contribution is 7.38. The molecule has 1 rings (SSSR count). The summed E-state index contributed by atoms with van der Waals surface area (Å²) >= 11 is 0. The second kappa shape index (κ2) is 2.54. The highest BCUT2D eigenvalue weighted by Gasteiger charge is 1.94. The summed E-state index contributed by atoms with van der Waals surface area (Å²) in [6.45, 7) is 2.48. The molecule has 6 heavy (non-hydrogen) atoms. The first-order chi connectivity index (χ1) is 3.00. The van der Waals surface area contributed by atoms with Crippen LogP contribution in [0, 0.1) is 0 Å². The van der Waals surface area contributed by atoms with Crippen LogP contribution in [0.2, 0.25) is 0 Å². The lowest BCUT2D eigenvalue weighted by atomic mass is 10.6. The molecule has 0 saturated carbocycles. The molecule has 0 aliphatic carbocycles. The minimum Gasteiger partial charge on any atom is -0.316 e. The van der Waals surface area contributed by atoms with Crippen LogP contribution in [0.15, 0.2) is 0 Å². The Labute approximate surface area is 40.3 Å². The molecule has 1 fully saturated rings. The Kier molecular flexibility index (Phi) is 1.93. The third-order valence-corrected chi connectivity index (χ3v) is 1.97. The van der Waals surface area contributed by atoms with E-state index in [-0.39, 0.29) is 0 Å². The first kappa shape index (κ1) is 4.55. The van der Waals surface area contributed by atoms with E-state index in [9.17, 15) is 0 Å². The van der Waals surface area contributed by atoms with E-state index >= 15 is 0 Å². The Morgan fingerprint density at radius 1 is 1.17 bits per heavy atom. The Morgan fingerprint density at radius 2 is 1.83 bits per heavy atom. The Hall–Kier alpha value is 0.390. The van der Waals surface area contributed by atoms with E-state index in [1.165, 1.54) is 25.4 Å². The van der Waals surface area contributed by atoms with E-state index in [0.717, 1.165) is 0 Å². The van der Waals surface area contributed by atoms with Crippen LogP contribution in [-0.4, -0.2) is 25.4 Å². The standard InChI is InChI=1S/C4H9NP/c1-3-6-4-2-5-1/h5H,1-4H2. The smallest absolute Gasteiger partial charge is 0.000619 e. The summed E-state index contributed by atoms with van der Waals surface area (Å²) in [5, 5.41) is 3.28. The van der Waals surface area contributed by atoms with Crippen molar-refractivity contribution in [1.29, 1.82) is 0 Å². The van der Waals surface area contributed by atoms with Gasteiger partial charge in [0.05, 0.1) is 0 Å². The Bertz CT molecular complexity index is 23.0. The minimum atomic E-state index is 1.24. The molecular formula is C4H9NP. The van der Waals surface area contributed by atoms with E-state index in [4.69, 9.17) is 0 Å². The molecule has 1 heterocycles. The summed E-state index contributed by atoms with van der Waals surface area (Å²) < 4.78 is 0. The minimum absolute atomic E-state index is 1.24. The third-order valence-electron chi connectivity index (χ3n) is 0.893. The van der Waals surface area contributed by atoms with Crippen molar-refractivity contribution < 1.29 is 0 Å². The summed E-state index contributed by atoms with van der Waals surface area (Å²) in [7, 11) is 1.64. The van der Waals surface area contributed by atoms with Gasteiger partial charge in [0.1, 0.15) is 0 Å². The van der Waals surface area contributed by atoms with Gasteiger partial charge in [-0.3, -0.25) is 0 Å². The molecular weight excluding hydrogens is 93.0 g/mol. The van der Waals surface area contributed by atoms with Crippen LogP contribution in [0.1, 0.15) is 0 Å². The van der Waals surface area contributed by atoms with Crippen molar-refractivity contribution in [2.24, 2.45) is 0 Å². The molecule has 0 amide bonds. The third kappa shape index (κ3) is 1.24. The summed E-state index contributed by atoms with van der Waals surface area (Å²) in [6, 6.07) is 0. The average Bonchev–Trinajstić information content (AvgIpc) is 1.72. The van der Waals surface area contributed by atoms with E-state index in [1.807, 2.05) is 0 Å². The van der Waals surface area contributed by atoms with Gasteiger partial charge in [-0.25, -0.2) is 0 Å². The Morgan fingerprint density at radius 3 is 2.00 bits per heavy atom. The zero-order valence-electron chi connectivity index (χ0n) is 3.78. The van der Waals surface area contributed by atoms with E-state index < -0.39 is 0 Å². The van der Waals surface area contributed by atoms with Gasteiger partial charge in [0.15, 0.2) is 0 Å². The molecule has 1 aliphatic heterocycles. The van der Waals surface area contributed by atoms with Gasteiger partial charge in [-0.1, -0.05) is 8.58 Å². The van der Waals surface area contributed by atoms with Crippen molar-refractivity contribution in [2.45, 2.75) is 0 Å². The summed E-state index contributed by atoms with van der Waals surface area (Å²) in [6.07, 6.45) is 2.72. The summed E-state index contributed by atoms with van der Waals surface area (Å²) in [4.78, 5) is 0. The lowest BCUT2D eigenvalue weighted by molar-refractivity contribution is 0.752. The van der Waals surface area contributed by atoms with Gasteiger partial charge in [-0.05, 0) is 25.4 Å². The zero-order valence-corrected chi connectivity index (χ0v) is 4.67. The van der Waals surface area contributed by atoms with Crippen LogP contribution in [0.3, 0.4) is 0 Å². The number of hydrogen-bond donors (Lipinski definition) is 1. The fraction of sp³-hybridized carbons (Fsp3) is 1.00. The molecule has 1 N–H and O–H groups in total. The van der Waals surface area contributed by atoms with Crippen molar-refractivity contribution in [3.05, 3.63) is 0 Å². The Balaban J connectivity index is 2.00. The van der Waals surface area contributed by atoms with Crippen LogP contribution in [0.25, 0.3) is 0 Å². The quantitative estimate of drug-likeness (QED) is 0.440. The van der Waals surface area contributed by atoms with Crippen LogP contribution >= 0.6 is 8.58 Å². The van der Waals surface area contributed by atoms with Gasteiger partial charge in [0.2, 0.25) is 0 Å². The van der Waals surface area contributed by atoms with Crippen molar-refractivity contribution >= 4 is 8.58 Å². The second-order valence-corrected chi connectivity index (χ2v) is 2.76. The van der Waals surface area contributed by atoms with E-state index in [0.29, 0.717) is 0 Å². The van der Waals surface area contributed by atoms with Gasteiger partial charge in [-0.2, -0.15) is 0 Å². The van der Waals surface area contributed by atoms with Crippen molar-refractivity contribution in [3.8, 4) is 0 Å². The van der Waals surface area contributed by atoms with Crippen molar-refractivity contribution in [2.75, 3.05) is 25.4 Å². The highest BCUT2D eigenvalue weighted by Crippen LogP contribution is 2.08. The molecule has 0 atom stereocenters. The van der Waals surface area contributed by atoms with Gasteiger partial charge in [0, 0.05) is 0 Å². The van der Waals surface area contributed by atoms with Crippen LogP contribution in [0.4, 0.5) is 0 Å². The monoisotopic (exact) mass is 102 g/mol. The molecule has 35 valence electrons. The molecule has 1 aliphatic rings. The largest absolute Gasteiger partial charge is 0.316 e. The molecule has 0 aromatic carbocycles. The average molecular weight is 102 g/mol. The zero-order chi connectivity index (χ0) is 4.24. The SMILES string of the molecule is C1C[P]CCN1. The molecule has 1 radical (unpaired) electrons.